The third-order valence-corrected chi connectivity index (χ3v) is 4.70. The lowest BCUT2D eigenvalue weighted by Crippen LogP contribution is -2.41. The first kappa shape index (κ1) is 17.3. The van der Waals surface area contributed by atoms with E-state index in [0.717, 1.165) is 12.8 Å². The molecule has 7 heteroatoms. The molecule has 0 atom stereocenters. The van der Waals surface area contributed by atoms with Crippen LogP contribution in [-0.4, -0.2) is 47.1 Å². The van der Waals surface area contributed by atoms with Crippen LogP contribution in [0.3, 0.4) is 0 Å². The maximum atomic E-state index is 12.8. The highest BCUT2D eigenvalue weighted by atomic mass is 16.5. The summed E-state index contributed by atoms with van der Waals surface area (Å²) in [7, 11) is 1.60. The van der Waals surface area contributed by atoms with E-state index in [1.165, 1.54) is 0 Å². The van der Waals surface area contributed by atoms with Crippen LogP contribution in [0.5, 0.6) is 11.6 Å². The van der Waals surface area contributed by atoms with Crippen LogP contribution in [0.1, 0.15) is 29.1 Å². The number of fused-ring (bicyclic) bond motifs is 1. The van der Waals surface area contributed by atoms with Crippen molar-refractivity contribution in [1.29, 1.82) is 0 Å². The highest BCUT2D eigenvalue weighted by molar-refractivity contribution is 5.97. The predicted octanol–water partition coefficient (Wildman–Crippen LogP) is 3.22. The molecule has 27 heavy (non-hydrogen) atoms. The average Bonchev–Trinajstić information content (AvgIpc) is 3.08. The van der Waals surface area contributed by atoms with Crippen molar-refractivity contribution in [3.05, 3.63) is 48.0 Å². The van der Waals surface area contributed by atoms with E-state index in [1.807, 2.05) is 11.0 Å². The summed E-state index contributed by atoms with van der Waals surface area (Å²) < 4.78 is 16.5. The van der Waals surface area contributed by atoms with Gasteiger partial charge in [-0.15, -0.1) is 0 Å². The normalized spacial score (nSPS) is 15.1. The Kier molecular flexibility index (Phi) is 4.66. The Labute approximate surface area is 156 Å². The Balaban J connectivity index is 1.36. The molecular formula is C20H21N3O4. The Hall–Kier alpha value is -3.09. The lowest BCUT2D eigenvalue weighted by molar-refractivity contribution is 0.0588. The predicted molar refractivity (Wildman–Crippen MR) is 99.1 cm³/mol. The zero-order valence-corrected chi connectivity index (χ0v) is 15.3. The van der Waals surface area contributed by atoms with Crippen molar-refractivity contribution in [3.63, 3.8) is 0 Å². The third kappa shape index (κ3) is 3.72. The van der Waals surface area contributed by atoms with Gasteiger partial charge in [0.15, 0.2) is 11.5 Å². The number of ether oxygens (including phenoxy) is 2. The van der Waals surface area contributed by atoms with Gasteiger partial charge in [0.1, 0.15) is 17.4 Å². The summed E-state index contributed by atoms with van der Waals surface area (Å²) in [6, 6.07) is 9.00. The molecule has 1 saturated heterocycles. The van der Waals surface area contributed by atoms with Crippen LogP contribution >= 0.6 is 0 Å². The molecule has 7 nitrogen and oxygen atoms in total. The van der Waals surface area contributed by atoms with E-state index in [-0.39, 0.29) is 12.0 Å². The van der Waals surface area contributed by atoms with Crippen LogP contribution in [0.2, 0.25) is 0 Å². The Morgan fingerprint density at radius 2 is 2.04 bits per heavy atom. The topological polar surface area (TPSA) is 77.7 Å². The second-order valence-electron chi connectivity index (χ2n) is 6.56. The van der Waals surface area contributed by atoms with Gasteiger partial charge < -0.3 is 18.8 Å². The van der Waals surface area contributed by atoms with Crippen molar-refractivity contribution in [2.24, 2.45) is 0 Å². The minimum absolute atomic E-state index is 0.0126. The molecule has 1 aliphatic heterocycles. The van der Waals surface area contributed by atoms with Gasteiger partial charge in [-0.3, -0.25) is 4.79 Å². The molecule has 3 aromatic rings. The van der Waals surface area contributed by atoms with Gasteiger partial charge in [0, 0.05) is 44.5 Å². The number of carbonyl (C=O) groups excluding carboxylic acids is 1. The van der Waals surface area contributed by atoms with Crippen LogP contribution < -0.4 is 9.47 Å². The number of pyridine rings is 1. The second-order valence-corrected chi connectivity index (χ2v) is 6.56. The number of aromatic nitrogens is 2. The largest absolute Gasteiger partial charge is 0.495 e. The standard InChI is InChI=1S/C20H21N3O4/c1-13-22-17-11-14(3-5-18(17)26-13)20(24)23-9-7-15(8-10-23)27-19-6-4-16(25-2)12-21-19/h3-6,11-12,15H,7-10H2,1-2H3. The van der Waals surface area contributed by atoms with Gasteiger partial charge in [-0.25, -0.2) is 9.97 Å². The summed E-state index contributed by atoms with van der Waals surface area (Å²) in [6.07, 6.45) is 3.22. The zero-order valence-electron chi connectivity index (χ0n) is 15.3. The monoisotopic (exact) mass is 367 g/mol. The van der Waals surface area contributed by atoms with Crippen LogP contribution in [-0.2, 0) is 0 Å². The van der Waals surface area contributed by atoms with E-state index < -0.39 is 0 Å². The molecule has 1 aromatic carbocycles. The van der Waals surface area contributed by atoms with E-state index >= 15 is 0 Å². The van der Waals surface area contributed by atoms with Crippen molar-refractivity contribution in [2.75, 3.05) is 20.2 Å². The van der Waals surface area contributed by atoms with E-state index in [1.54, 1.807) is 44.5 Å². The van der Waals surface area contributed by atoms with Crippen molar-refractivity contribution in [2.45, 2.75) is 25.9 Å². The number of carbonyl (C=O) groups is 1. The van der Waals surface area contributed by atoms with Gasteiger partial charge in [0.25, 0.3) is 5.91 Å². The molecular weight excluding hydrogens is 346 g/mol. The highest BCUT2D eigenvalue weighted by Gasteiger charge is 2.25. The van der Waals surface area contributed by atoms with E-state index in [4.69, 9.17) is 13.9 Å². The van der Waals surface area contributed by atoms with Crippen LogP contribution in [0.15, 0.2) is 40.9 Å². The second kappa shape index (κ2) is 7.26. The number of piperidine rings is 1. The number of amides is 1. The van der Waals surface area contributed by atoms with Crippen molar-refractivity contribution in [1.82, 2.24) is 14.9 Å². The fourth-order valence-corrected chi connectivity index (χ4v) is 3.26. The molecule has 1 fully saturated rings. The van der Waals surface area contributed by atoms with Gasteiger partial charge in [-0.05, 0) is 24.3 Å². The van der Waals surface area contributed by atoms with Crippen molar-refractivity contribution < 1.29 is 18.7 Å². The molecule has 1 aliphatic rings. The summed E-state index contributed by atoms with van der Waals surface area (Å²) in [5.74, 6) is 1.88. The van der Waals surface area contributed by atoms with Gasteiger partial charge in [-0.1, -0.05) is 0 Å². The molecule has 0 bridgehead atoms. The number of likely N-dealkylation sites (tertiary alicyclic amines) is 1. The molecule has 0 unspecified atom stereocenters. The van der Waals surface area contributed by atoms with E-state index in [0.29, 0.717) is 47.3 Å². The maximum Gasteiger partial charge on any atom is 0.253 e. The number of oxazole rings is 1. The summed E-state index contributed by atoms with van der Waals surface area (Å²) in [6.45, 7) is 3.09. The van der Waals surface area contributed by atoms with E-state index in [9.17, 15) is 4.79 Å². The number of hydrogen-bond donors (Lipinski definition) is 0. The zero-order chi connectivity index (χ0) is 18.8. The Bertz CT molecular complexity index is 944. The molecule has 1 amide bonds. The molecule has 2 aromatic heterocycles. The lowest BCUT2D eigenvalue weighted by atomic mass is 10.1. The summed E-state index contributed by atoms with van der Waals surface area (Å²) >= 11 is 0. The quantitative estimate of drug-likeness (QED) is 0.705. The summed E-state index contributed by atoms with van der Waals surface area (Å²) in [5, 5.41) is 0. The van der Waals surface area contributed by atoms with Gasteiger partial charge in [0.2, 0.25) is 5.88 Å². The first-order chi connectivity index (χ1) is 13.1. The fraction of sp³-hybridized carbons (Fsp3) is 0.350. The summed E-state index contributed by atoms with van der Waals surface area (Å²) in [4.78, 5) is 23.2. The minimum atomic E-state index is 0.0126. The Morgan fingerprint density at radius 3 is 2.74 bits per heavy atom. The fourth-order valence-electron chi connectivity index (χ4n) is 3.26. The SMILES string of the molecule is COc1ccc(OC2CCN(C(=O)c3ccc4oc(C)nc4c3)CC2)nc1. The molecule has 0 aliphatic carbocycles. The number of benzene rings is 1. The number of rotatable bonds is 4. The number of hydrogen-bond acceptors (Lipinski definition) is 6. The lowest BCUT2D eigenvalue weighted by Gasteiger charge is -2.32. The molecule has 4 rings (SSSR count). The first-order valence-electron chi connectivity index (χ1n) is 8.95. The number of aryl methyl sites for hydroxylation is 1. The smallest absolute Gasteiger partial charge is 0.253 e. The highest BCUT2D eigenvalue weighted by Crippen LogP contribution is 2.22. The van der Waals surface area contributed by atoms with Gasteiger partial charge in [-0.2, -0.15) is 0 Å². The van der Waals surface area contributed by atoms with Gasteiger partial charge >= 0.3 is 0 Å². The van der Waals surface area contributed by atoms with Crippen LogP contribution in [0, 0.1) is 6.92 Å². The molecule has 0 N–H and O–H groups in total. The molecule has 140 valence electrons. The van der Waals surface area contributed by atoms with Crippen molar-refractivity contribution in [3.8, 4) is 11.6 Å². The minimum Gasteiger partial charge on any atom is -0.495 e. The van der Waals surface area contributed by atoms with Crippen LogP contribution in [0.25, 0.3) is 11.1 Å². The van der Waals surface area contributed by atoms with Gasteiger partial charge in [0.05, 0.1) is 13.3 Å². The van der Waals surface area contributed by atoms with Crippen LogP contribution in [0.4, 0.5) is 0 Å². The molecule has 3 heterocycles. The number of nitrogens with zero attached hydrogens (tertiary/aromatic N) is 3. The Morgan fingerprint density at radius 1 is 1.22 bits per heavy atom. The average molecular weight is 367 g/mol. The summed E-state index contributed by atoms with van der Waals surface area (Å²) in [5.41, 5.74) is 2.04. The molecule has 0 spiro atoms. The molecule has 0 saturated carbocycles. The first-order valence-corrected chi connectivity index (χ1v) is 8.95. The third-order valence-electron chi connectivity index (χ3n) is 4.70. The van der Waals surface area contributed by atoms with Crippen molar-refractivity contribution >= 4 is 17.0 Å². The number of methoxy groups -OCH3 is 1. The maximum absolute atomic E-state index is 12.8. The van der Waals surface area contributed by atoms with E-state index in [2.05, 4.69) is 9.97 Å². The molecule has 0 radical (unpaired) electrons.